The molecule has 1 atom stereocenters. The zero-order chi connectivity index (χ0) is 18.0. The number of halogens is 2. The summed E-state index contributed by atoms with van der Waals surface area (Å²) < 4.78 is 11.5. The van der Waals surface area contributed by atoms with E-state index < -0.39 is 18.0 Å². The summed E-state index contributed by atoms with van der Waals surface area (Å²) in [5.74, 6) is -1.48. The second kappa shape index (κ2) is 7.08. The highest BCUT2D eigenvalue weighted by Crippen LogP contribution is 2.30. The summed E-state index contributed by atoms with van der Waals surface area (Å²) in [5.41, 5.74) is 1.11. The second-order valence-corrected chi connectivity index (χ2v) is 5.84. The molecule has 0 fully saturated rings. The molecule has 0 N–H and O–H groups in total. The number of nitrogens with zero attached hydrogens (tertiary/aromatic N) is 3. The quantitative estimate of drug-likeness (QED) is 0.647. The van der Waals surface area contributed by atoms with Crippen LogP contribution in [0, 0.1) is 0 Å². The standard InChI is InChI=1S/C16H11Cl2N3O4/c1-24-16(23)14(12-3-2-10(17)7-13(12)18)25-15(22)9-4-5-21-11(6-9)8-19-20-21/h2-8,14H,1H3. The van der Waals surface area contributed by atoms with Crippen LogP contribution < -0.4 is 0 Å². The number of pyridine rings is 1. The minimum absolute atomic E-state index is 0.186. The van der Waals surface area contributed by atoms with Gasteiger partial charge in [0, 0.05) is 21.8 Å². The molecule has 0 aliphatic rings. The average Bonchev–Trinajstić information content (AvgIpc) is 3.07. The molecular formula is C16H11Cl2N3O4. The van der Waals surface area contributed by atoms with E-state index in [1.807, 2.05) is 0 Å². The monoisotopic (exact) mass is 379 g/mol. The second-order valence-electron chi connectivity index (χ2n) is 4.99. The first-order valence-electron chi connectivity index (χ1n) is 7.03. The molecular weight excluding hydrogens is 369 g/mol. The molecule has 1 aromatic carbocycles. The van der Waals surface area contributed by atoms with Crippen molar-refractivity contribution >= 4 is 40.7 Å². The van der Waals surface area contributed by atoms with Crippen LogP contribution in [0.2, 0.25) is 10.0 Å². The lowest BCUT2D eigenvalue weighted by Gasteiger charge is -2.17. The normalized spacial score (nSPS) is 12.0. The van der Waals surface area contributed by atoms with Crippen molar-refractivity contribution in [2.45, 2.75) is 6.10 Å². The topological polar surface area (TPSA) is 82.8 Å². The third-order valence-electron chi connectivity index (χ3n) is 3.42. The summed E-state index contributed by atoms with van der Waals surface area (Å²) in [6.45, 7) is 0. The van der Waals surface area contributed by atoms with Gasteiger partial charge in [0.15, 0.2) is 0 Å². The van der Waals surface area contributed by atoms with Gasteiger partial charge in [-0.1, -0.05) is 34.5 Å². The SMILES string of the molecule is COC(=O)C(OC(=O)c1ccn2nncc2c1)c1ccc(Cl)cc1Cl. The molecule has 2 heterocycles. The molecule has 0 aliphatic heterocycles. The predicted octanol–water partition coefficient (Wildman–Crippen LogP) is 3.11. The fourth-order valence-electron chi connectivity index (χ4n) is 2.19. The van der Waals surface area contributed by atoms with Crippen LogP contribution in [0.5, 0.6) is 0 Å². The van der Waals surface area contributed by atoms with Gasteiger partial charge in [0.2, 0.25) is 6.10 Å². The fourth-order valence-corrected chi connectivity index (χ4v) is 2.70. The molecule has 7 nitrogen and oxygen atoms in total. The van der Waals surface area contributed by atoms with Crippen LogP contribution in [0.15, 0.2) is 42.7 Å². The van der Waals surface area contributed by atoms with Crippen molar-refractivity contribution in [2.24, 2.45) is 0 Å². The van der Waals surface area contributed by atoms with Gasteiger partial charge in [0.1, 0.15) is 0 Å². The van der Waals surface area contributed by atoms with E-state index in [1.165, 1.54) is 42.1 Å². The summed E-state index contributed by atoms with van der Waals surface area (Å²) in [7, 11) is 1.19. The number of aromatic nitrogens is 3. The van der Waals surface area contributed by atoms with E-state index >= 15 is 0 Å². The van der Waals surface area contributed by atoms with Gasteiger partial charge in [-0.05, 0) is 24.3 Å². The van der Waals surface area contributed by atoms with Crippen LogP contribution >= 0.6 is 23.2 Å². The number of methoxy groups -OCH3 is 1. The van der Waals surface area contributed by atoms with Crippen molar-refractivity contribution < 1.29 is 19.1 Å². The Kier molecular flexibility index (Phi) is 4.87. The maximum Gasteiger partial charge on any atom is 0.352 e. The molecule has 9 heteroatoms. The smallest absolute Gasteiger partial charge is 0.352 e. The summed E-state index contributed by atoms with van der Waals surface area (Å²) >= 11 is 12.0. The van der Waals surface area contributed by atoms with Crippen LogP contribution in [0.1, 0.15) is 22.0 Å². The van der Waals surface area contributed by atoms with Crippen molar-refractivity contribution in [2.75, 3.05) is 7.11 Å². The third kappa shape index (κ3) is 3.57. The number of carbonyl (C=O) groups is 2. The number of esters is 2. The van der Waals surface area contributed by atoms with Crippen LogP contribution in [0.3, 0.4) is 0 Å². The third-order valence-corrected chi connectivity index (χ3v) is 3.98. The first-order valence-corrected chi connectivity index (χ1v) is 7.79. The molecule has 0 aliphatic carbocycles. The van der Waals surface area contributed by atoms with Crippen molar-refractivity contribution in [3.8, 4) is 0 Å². The lowest BCUT2D eigenvalue weighted by molar-refractivity contribution is -0.151. The fraction of sp³-hybridized carbons (Fsp3) is 0.125. The molecule has 0 spiro atoms. The van der Waals surface area contributed by atoms with E-state index in [0.717, 1.165) is 0 Å². The summed E-state index contributed by atoms with van der Waals surface area (Å²) in [4.78, 5) is 24.5. The molecule has 0 radical (unpaired) electrons. The molecule has 0 amide bonds. The van der Waals surface area contributed by atoms with E-state index in [1.54, 1.807) is 12.3 Å². The molecule has 25 heavy (non-hydrogen) atoms. The largest absolute Gasteiger partial charge is 0.466 e. The van der Waals surface area contributed by atoms with Crippen molar-refractivity contribution in [3.63, 3.8) is 0 Å². The molecule has 0 saturated heterocycles. The van der Waals surface area contributed by atoms with Gasteiger partial charge in [-0.2, -0.15) is 0 Å². The zero-order valence-electron chi connectivity index (χ0n) is 12.8. The van der Waals surface area contributed by atoms with E-state index in [4.69, 9.17) is 32.7 Å². The summed E-state index contributed by atoms with van der Waals surface area (Å²) in [6, 6.07) is 7.54. The molecule has 128 valence electrons. The Hall–Kier alpha value is -2.64. The highest BCUT2D eigenvalue weighted by Gasteiger charge is 2.28. The Balaban J connectivity index is 1.91. The van der Waals surface area contributed by atoms with Crippen molar-refractivity contribution in [1.29, 1.82) is 0 Å². The van der Waals surface area contributed by atoms with Crippen molar-refractivity contribution in [1.82, 2.24) is 14.8 Å². The van der Waals surface area contributed by atoms with Gasteiger partial charge in [-0.3, -0.25) is 0 Å². The first-order chi connectivity index (χ1) is 12.0. The van der Waals surface area contributed by atoms with Gasteiger partial charge in [-0.15, -0.1) is 5.10 Å². The number of hydrogen-bond donors (Lipinski definition) is 0. The maximum absolute atomic E-state index is 12.4. The Morgan fingerprint density at radius 3 is 2.72 bits per heavy atom. The van der Waals surface area contributed by atoms with Crippen LogP contribution in [-0.4, -0.2) is 33.9 Å². The summed E-state index contributed by atoms with van der Waals surface area (Å²) in [6.07, 6.45) is 1.73. The number of rotatable bonds is 4. The molecule has 1 unspecified atom stereocenters. The highest BCUT2D eigenvalue weighted by atomic mass is 35.5. The van der Waals surface area contributed by atoms with Gasteiger partial charge in [-0.25, -0.2) is 14.1 Å². The van der Waals surface area contributed by atoms with Gasteiger partial charge in [0.05, 0.1) is 24.4 Å². The van der Waals surface area contributed by atoms with Crippen LogP contribution in [0.25, 0.3) is 5.52 Å². The van der Waals surface area contributed by atoms with Crippen molar-refractivity contribution in [3.05, 3.63) is 63.9 Å². The first kappa shape index (κ1) is 17.2. The number of fused-ring (bicyclic) bond motifs is 1. The molecule has 3 aromatic rings. The summed E-state index contributed by atoms with van der Waals surface area (Å²) in [5, 5.41) is 8.11. The Labute approximate surface area is 152 Å². The van der Waals surface area contributed by atoms with Gasteiger partial charge < -0.3 is 9.47 Å². The molecule has 3 rings (SSSR count). The highest BCUT2D eigenvalue weighted by molar-refractivity contribution is 6.35. The average molecular weight is 380 g/mol. The molecule has 0 bridgehead atoms. The van der Waals surface area contributed by atoms with E-state index in [0.29, 0.717) is 10.5 Å². The van der Waals surface area contributed by atoms with E-state index in [-0.39, 0.29) is 16.1 Å². The minimum atomic E-state index is -1.32. The van der Waals surface area contributed by atoms with Crippen LogP contribution in [-0.2, 0) is 14.3 Å². The van der Waals surface area contributed by atoms with Crippen LogP contribution in [0.4, 0.5) is 0 Å². The predicted molar refractivity (Wildman–Crippen MR) is 89.6 cm³/mol. The van der Waals surface area contributed by atoms with E-state index in [2.05, 4.69) is 10.3 Å². The molecule has 0 saturated carbocycles. The number of hydrogen-bond acceptors (Lipinski definition) is 6. The Bertz CT molecular complexity index is 957. The lowest BCUT2D eigenvalue weighted by atomic mass is 10.1. The minimum Gasteiger partial charge on any atom is -0.466 e. The van der Waals surface area contributed by atoms with E-state index in [9.17, 15) is 9.59 Å². The van der Waals surface area contributed by atoms with Gasteiger partial charge in [0.25, 0.3) is 0 Å². The lowest BCUT2D eigenvalue weighted by Crippen LogP contribution is -2.21. The Morgan fingerprint density at radius 2 is 2.00 bits per heavy atom. The number of benzene rings is 1. The zero-order valence-corrected chi connectivity index (χ0v) is 14.4. The molecule has 2 aromatic heterocycles. The number of carbonyl (C=O) groups excluding carboxylic acids is 2. The van der Waals surface area contributed by atoms with Gasteiger partial charge >= 0.3 is 11.9 Å². The number of ether oxygens (including phenoxy) is 2. The Morgan fingerprint density at radius 1 is 1.20 bits per heavy atom. The maximum atomic E-state index is 12.4.